The number of thiophene rings is 1. The molecule has 0 fully saturated rings. The average Bonchev–Trinajstić information content (AvgIpc) is 3.30. The molecule has 0 radical (unpaired) electrons. The van der Waals surface area contributed by atoms with Crippen LogP contribution < -0.4 is 5.32 Å². The van der Waals surface area contributed by atoms with Crippen molar-refractivity contribution in [2.45, 2.75) is 0 Å². The third-order valence-corrected chi connectivity index (χ3v) is 4.41. The molecule has 7 heteroatoms. The second-order valence-corrected chi connectivity index (χ2v) is 6.07. The van der Waals surface area contributed by atoms with E-state index in [1.807, 2.05) is 0 Å². The van der Waals surface area contributed by atoms with Gasteiger partial charge in [-0.1, -0.05) is 12.1 Å². The van der Waals surface area contributed by atoms with E-state index in [0.717, 1.165) is 0 Å². The summed E-state index contributed by atoms with van der Waals surface area (Å²) < 4.78 is 23.1. The molecule has 1 aromatic carbocycles. The van der Waals surface area contributed by atoms with Crippen LogP contribution in [0, 0.1) is 5.82 Å². The molecule has 0 aliphatic carbocycles. The zero-order chi connectivity index (χ0) is 18.5. The average molecular weight is 371 g/mol. The summed E-state index contributed by atoms with van der Waals surface area (Å²) in [6.45, 7) is 0. The van der Waals surface area contributed by atoms with Crippen LogP contribution in [0.15, 0.2) is 58.5 Å². The normalized spacial score (nSPS) is 10.8. The number of hydrogen-bond acceptors (Lipinski definition) is 5. The number of halogens is 1. The van der Waals surface area contributed by atoms with Crippen molar-refractivity contribution in [2.24, 2.45) is 0 Å². The molecule has 26 heavy (non-hydrogen) atoms. The highest BCUT2D eigenvalue weighted by Gasteiger charge is 2.21. The minimum absolute atomic E-state index is 0.226. The van der Waals surface area contributed by atoms with Crippen molar-refractivity contribution in [3.05, 3.63) is 71.3 Å². The topological polar surface area (TPSA) is 68.5 Å². The van der Waals surface area contributed by atoms with Crippen LogP contribution in [0.5, 0.6) is 0 Å². The van der Waals surface area contributed by atoms with Gasteiger partial charge in [-0.2, -0.15) is 0 Å². The van der Waals surface area contributed by atoms with Gasteiger partial charge >= 0.3 is 5.97 Å². The lowest BCUT2D eigenvalue weighted by atomic mass is 10.0. The minimum atomic E-state index is -0.587. The quantitative estimate of drug-likeness (QED) is 0.526. The Morgan fingerprint density at radius 2 is 2.00 bits per heavy atom. The molecule has 0 unspecified atom stereocenters. The zero-order valence-corrected chi connectivity index (χ0v) is 14.5. The summed E-state index contributed by atoms with van der Waals surface area (Å²) >= 11 is 1.19. The maximum Gasteiger partial charge on any atom is 0.341 e. The number of nitrogens with one attached hydrogen (secondary N) is 1. The third-order valence-electron chi connectivity index (χ3n) is 3.51. The van der Waals surface area contributed by atoms with E-state index in [2.05, 4.69) is 5.32 Å². The van der Waals surface area contributed by atoms with E-state index in [4.69, 9.17) is 9.15 Å². The van der Waals surface area contributed by atoms with Gasteiger partial charge < -0.3 is 14.5 Å². The number of furan rings is 1. The van der Waals surface area contributed by atoms with Crippen molar-refractivity contribution in [2.75, 3.05) is 12.4 Å². The van der Waals surface area contributed by atoms with Crippen LogP contribution in [0.3, 0.4) is 0 Å². The number of carbonyl (C=O) groups is 2. The van der Waals surface area contributed by atoms with Gasteiger partial charge in [-0.15, -0.1) is 11.3 Å². The molecule has 3 rings (SSSR count). The second kappa shape index (κ2) is 7.79. The molecule has 0 spiro atoms. The lowest BCUT2D eigenvalue weighted by Gasteiger charge is -2.06. The largest absolute Gasteiger partial charge is 0.465 e. The van der Waals surface area contributed by atoms with E-state index in [0.29, 0.717) is 21.9 Å². The number of ether oxygens (including phenoxy) is 1. The van der Waals surface area contributed by atoms with Crippen molar-refractivity contribution < 1.29 is 23.1 Å². The molecule has 2 aromatic heterocycles. The molecule has 3 aromatic rings. The third kappa shape index (κ3) is 3.89. The Morgan fingerprint density at radius 1 is 1.23 bits per heavy atom. The fraction of sp³-hybridized carbons (Fsp3) is 0.0526. The molecule has 132 valence electrons. The van der Waals surface area contributed by atoms with E-state index >= 15 is 0 Å². The van der Waals surface area contributed by atoms with Crippen LogP contribution in [0.2, 0.25) is 0 Å². The smallest absolute Gasteiger partial charge is 0.341 e. The van der Waals surface area contributed by atoms with Gasteiger partial charge in [0, 0.05) is 17.0 Å². The Balaban J connectivity index is 1.88. The molecular formula is C19H14FNO4S. The number of anilines is 1. The highest BCUT2D eigenvalue weighted by Crippen LogP contribution is 2.36. The Bertz CT molecular complexity index is 943. The van der Waals surface area contributed by atoms with E-state index in [-0.39, 0.29) is 11.4 Å². The molecule has 0 atom stereocenters. The number of rotatable bonds is 5. The van der Waals surface area contributed by atoms with Gasteiger partial charge in [-0.3, -0.25) is 4.79 Å². The molecule has 0 bridgehead atoms. The lowest BCUT2D eigenvalue weighted by Crippen LogP contribution is -2.11. The van der Waals surface area contributed by atoms with E-state index in [1.54, 1.807) is 29.6 Å². The fourth-order valence-electron chi connectivity index (χ4n) is 2.29. The first-order chi connectivity index (χ1) is 12.6. The Morgan fingerprint density at radius 3 is 2.65 bits per heavy atom. The van der Waals surface area contributed by atoms with Crippen LogP contribution in [-0.2, 0) is 9.53 Å². The van der Waals surface area contributed by atoms with Gasteiger partial charge in [0.25, 0.3) is 0 Å². The SMILES string of the molecule is COC(=O)c1c(-c2ccc(F)cc2)csc1NC(=O)/C=C/c1ccco1. The van der Waals surface area contributed by atoms with Crippen LogP contribution >= 0.6 is 11.3 Å². The van der Waals surface area contributed by atoms with Crippen molar-refractivity contribution in [3.8, 4) is 11.1 Å². The van der Waals surface area contributed by atoms with Crippen molar-refractivity contribution >= 4 is 34.3 Å². The minimum Gasteiger partial charge on any atom is -0.465 e. The van der Waals surface area contributed by atoms with Crippen molar-refractivity contribution in [3.63, 3.8) is 0 Å². The first kappa shape index (κ1) is 17.6. The number of methoxy groups -OCH3 is 1. The van der Waals surface area contributed by atoms with Crippen LogP contribution in [0.1, 0.15) is 16.1 Å². The van der Waals surface area contributed by atoms with E-state index in [9.17, 15) is 14.0 Å². The monoisotopic (exact) mass is 371 g/mol. The Kier molecular flexibility index (Phi) is 5.28. The molecular weight excluding hydrogens is 357 g/mol. The molecule has 1 amide bonds. The first-order valence-corrected chi connectivity index (χ1v) is 8.44. The summed E-state index contributed by atoms with van der Waals surface area (Å²) in [5.41, 5.74) is 1.44. The molecule has 5 nitrogen and oxygen atoms in total. The summed E-state index contributed by atoms with van der Waals surface area (Å²) in [5.74, 6) is -0.846. The van der Waals surface area contributed by atoms with Crippen molar-refractivity contribution in [1.82, 2.24) is 0 Å². The van der Waals surface area contributed by atoms with Crippen LogP contribution in [0.25, 0.3) is 17.2 Å². The molecule has 2 heterocycles. The molecule has 0 aliphatic heterocycles. The van der Waals surface area contributed by atoms with E-state index in [1.165, 1.54) is 49.0 Å². The number of hydrogen-bond donors (Lipinski definition) is 1. The Hall–Kier alpha value is -3.19. The van der Waals surface area contributed by atoms with E-state index < -0.39 is 11.9 Å². The second-order valence-electron chi connectivity index (χ2n) is 5.19. The van der Waals surface area contributed by atoms with Gasteiger partial charge in [-0.25, -0.2) is 9.18 Å². The van der Waals surface area contributed by atoms with Gasteiger partial charge in [0.1, 0.15) is 22.1 Å². The number of amides is 1. The molecule has 1 N–H and O–H groups in total. The summed E-state index contributed by atoms with van der Waals surface area (Å²) in [6, 6.07) is 9.15. The molecule has 0 saturated heterocycles. The summed E-state index contributed by atoms with van der Waals surface area (Å²) in [5, 5.41) is 4.73. The zero-order valence-electron chi connectivity index (χ0n) is 13.7. The standard InChI is InChI=1S/C19H14FNO4S/c1-24-19(23)17-15(12-4-6-13(20)7-5-12)11-26-18(17)21-16(22)9-8-14-3-2-10-25-14/h2-11H,1H3,(H,21,22)/b9-8+. The van der Waals surface area contributed by atoms with Gasteiger partial charge in [0.2, 0.25) is 5.91 Å². The summed E-state index contributed by atoms with van der Waals surface area (Å²) in [7, 11) is 1.26. The highest BCUT2D eigenvalue weighted by molar-refractivity contribution is 7.15. The Labute approximate surface area is 152 Å². The predicted molar refractivity (Wildman–Crippen MR) is 97.4 cm³/mol. The fourth-order valence-corrected chi connectivity index (χ4v) is 3.25. The number of benzene rings is 1. The van der Waals surface area contributed by atoms with Crippen LogP contribution in [0.4, 0.5) is 9.39 Å². The van der Waals surface area contributed by atoms with Gasteiger partial charge in [0.05, 0.1) is 13.4 Å². The number of carbonyl (C=O) groups excluding carboxylic acids is 2. The summed E-state index contributed by atoms with van der Waals surface area (Å²) in [4.78, 5) is 24.3. The number of esters is 1. The molecule has 0 aliphatic rings. The first-order valence-electron chi connectivity index (χ1n) is 7.57. The predicted octanol–water partition coefficient (Wildman–Crippen LogP) is 4.59. The molecule has 0 saturated carbocycles. The lowest BCUT2D eigenvalue weighted by molar-refractivity contribution is -0.111. The van der Waals surface area contributed by atoms with Crippen LogP contribution in [-0.4, -0.2) is 19.0 Å². The maximum atomic E-state index is 13.1. The van der Waals surface area contributed by atoms with Gasteiger partial charge in [0.15, 0.2) is 0 Å². The van der Waals surface area contributed by atoms with Crippen molar-refractivity contribution in [1.29, 1.82) is 0 Å². The summed E-state index contributed by atoms with van der Waals surface area (Å²) in [6.07, 6.45) is 4.32. The van der Waals surface area contributed by atoms with Gasteiger partial charge in [-0.05, 0) is 35.9 Å². The maximum absolute atomic E-state index is 13.1. The highest BCUT2D eigenvalue weighted by atomic mass is 32.1.